The number of halogens is 1. The molecule has 1 N–H and O–H groups in total. The highest BCUT2D eigenvalue weighted by molar-refractivity contribution is 6.35. The molecule has 0 fully saturated rings. The Kier molecular flexibility index (Phi) is 4.18. The zero-order valence-corrected chi connectivity index (χ0v) is 16.4. The van der Waals surface area contributed by atoms with Crippen LogP contribution in [0.1, 0.15) is 49.8 Å². The molecular weight excluding hydrogens is 348 g/mol. The third-order valence-electron chi connectivity index (χ3n) is 5.36. The summed E-state index contributed by atoms with van der Waals surface area (Å²) in [5, 5.41) is 17.0. The van der Waals surface area contributed by atoms with Crippen molar-refractivity contribution >= 4 is 17.3 Å². The highest BCUT2D eigenvalue weighted by Gasteiger charge is 2.33. The highest BCUT2D eigenvalue weighted by atomic mass is 35.5. The molecule has 26 heavy (non-hydrogen) atoms. The van der Waals surface area contributed by atoms with Gasteiger partial charge in [0.15, 0.2) is 0 Å². The third-order valence-corrected chi connectivity index (χ3v) is 5.76. The lowest BCUT2D eigenvalue weighted by Crippen LogP contribution is -2.37. The zero-order valence-electron chi connectivity index (χ0n) is 15.6. The Hall–Kier alpha value is -1.75. The first-order valence-electron chi connectivity index (χ1n) is 9.05. The Balaban J connectivity index is 1.89. The first-order valence-corrected chi connectivity index (χ1v) is 9.43. The number of fused-ring (bicyclic) bond motifs is 2. The van der Waals surface area contributed by atoms with Gasteiger partial charge in [0.1, 0.15) is 12.5 Å². The summed E-state index contributed by atoms with van der Waals surface area (Å²) >= 11 is 6.92. The molecule has 0 bridgehead atoms. The van der Waals surface area contributed by atoms with E-state index < -0.39 is 0 Å². The Morgan fingerprint density at radius 3 is 2.85 bits per heavy atom. The maximum atomic E-state index is 11.6. The van der Waals surface area contributed by atoms with Crippen LogP contribution in [0.5, 0.6) is 5.75 Å². The quantitative estimate of drug-likeness (QED) is 0.702. The van der Waals surface area contributed by atoms with E-state index in [9.17, 15) is 5.21 Å². The van der Waals surface area contributed by atoms with Gasteiger partial charge in [-0.2, -0.15) is 0 Å². The Morgan fingerprint density at radius 2 is 2.08 bits per heavy atom. The lowest BCUT2D eigenvalue weighted by molar-refractivity contribution is 0.142. The number of hydrogen-bond donors (Lipinski definition) is 1. The van der Waals surface area contributed by atoms with Crippen molar-refractivity contribution in [3.63, 3.8) is 0 Å². The van der Waals surface area contributed by atoms with E-state index in [4.69, 9.17) is 16.3 Å². The predicted molar refractivity (Wildman–Crippen MR) is 107 cm³/mol. The standard InChI is InChI=1S/C21H24ClN2O2/c1-12-8-16(15-7-5-6-14-10-24(25)11-26-20(14)15)18(22)17-13(2)9-21(3,4)23-19(12)17/h5-8,13,23H,9-11H2,1-4H3/q-1. The SMILES string of the molecule is Cc1cc(-c2cccc3c2OCN([O-])C3)c(Cl)c2c1NC(C)(C)CC2C. The van der Waals surface area contributed by atoms with E-state index in [2.05, 4.69) is 39.1 Å². The second-order valence-corrected chi connectivity index (χ2v) is 8.54. The van der Waals surface area contributed by atoms with Crippen molar-refractivity contribution in [2.75, 3.05) is 12.0 Å². The number of anilines is 1. The maximum absolute atomic E-state index is 11.6. The third kappa shape index (κ3) is 2.86. The number of ether oxygens (including phenoxy) is 1. The number of rotatable bonds is 1. The van der Waals surface area contributed by atoms with Gasteiger partial charge in [0.2, 0.25) is 0 Å². The van der Waals surface area contributed by atoms with Crippen LogP contribution in [0.3, 0.4) is 0 Å². The molecule has 4 nitrogen and oxygen atoms in total. The molecule has 1 atom stereocenters. The van der Waals surface area contributed by atoms with Crippen molar-refractivity contribution in [1.82, 2.24) is 5.06 Å². The monoisotopic (exact) mass is 371 g/mol. The molecule has 0 aliphatic carbocycles. The van der Waals surface area contributed by atoms with Crippen LogP contribution in [-0.4, -0.2) is 17.3 Å². The van der Waals surface area contributed by atoms with Gasteiger partial charge in [0, 0.05) is 34.5 Å². The number of nitrogens with zero attached hydrogens (tertiary/aromatic N) is 1. The van der Waals surface area contributed by atoms with E-state index in [-0.39, 0.29) is 12.3 Å². The molecule has 0 saturated carbocycles. The lowest BCUT2D eigenvalue weighted by Gasteiger charge is -2.39. The van der Waals surface area contributed by atoms with Crippen LogP contribution in [0.2, 0.25) is 5.02 Å². The second-order valence-electron chi connectivity index (χ2n) is 8.16. The van der Waals surface area contributed by atoms with Gasteiger partial charge in [-0.3, -0.25) is 0 Å². The minimum atomic E-state index is 0.0502. The number of hydrogen-bond acceptors (Lipinski definition) is 4. The van der Waals surface area contributed by atoms with Crippen molar-refractivity contribution in [3.8, 4) is 16.9 Å². The molecule has 2 heterocycles. The van der Waals surface area contributed by atoms with Crippen molar-refractivity contribution < 1.29 is 4.74 Å². The first kappa shape index (κ1) is 17.7. The smallest absolute Gasteiger partial charge is 0.133 e. The zero-order chi connectivity index (χ0) is 18.6. The first-order chi connectivity index (χ1) is 12.3. The molecule has 0 saturated heterocycles. The van der Waals surface area contributed by atoms with Gasteiger partial charge in [-0.25, -0.2) is 0 Å². The summed E-state index contributed by atoms with van der Waals surface area (Å²) in [7, 11) is 0. The average Bonchev–Trinajstić information content (AvgIpc) is 2.56. The minimum absolute atomic E-state index is 0.0502. The van der Waals surface area contributed by atoms with Crippen LogP contribution in [0.25, 0.3) is 11.1 Å². The van der Waals surface area contributed by atoms with Crippen LogP contribution in [0.4, 0.5) is 5.69 Å². The fraction of sp³-hybridized carbons (Fsp3) is 0.429. The Morgan fingerprint density at radius 1 is 1.31 bits per heavy atom. The summed E-state index contributed by atoms with van der Waals surface area (Å²) in [6, 6.07) is 8.06. The number of hydroxylamine groups is 2. The van der Waals surface area contributed by atoms with Crippen LogP contribution in [-0.2, 0) is 6.54 Å². The molecule has 2 aliphatic rings. The van der Waals surface area contributed by atoms with Crippen molar-refractivity contribution in [1.29, 1.82) is 0 Å². The van der Waals surface area contributed by atoms with Crippen LogP contribution in [0.15, 0.2) is 24.3 Å². The van der Waals surface area contributed by atoms with E-state index in [0.717, 1.165) is 44.6 Å². The molecule has 2 aliphatic heterocycles. The molecule has 2 aromatic carbocycles. The second kappa shape index (κ2) is 6.15. The van der Waals surface area contributed by atoms with Crippen LogP contribution < -0.4 is 10.1 Å². The molecule has 0 amide bonds. The van der Waals surface area contributed by atoms with Crippen molar-refractivity contribution in [3.05, 3.63) is 51.2 Å². The molecule has 2 aromatic rings. The van der Waals surface area contributed by atoms with Crippen LogP contribution in [0, 0.1) is 12.1 Å². The fourth-order valence-corrected chi connectivity index (χ4v) is 4.80. The topological polar surface area (TPSA) is 47.6 Å². The molecule has 0 radical (unpaired) electrons. The molecule has 138 valence electrons. The van der Waals surface area contributed by atoms with Crippen LogP contribution >= 0.6 is 11.6 Å². The van der Waals surface area contributed by atoms with Gasteiger partial charge in [0.25, 0.3) is 0 Å². The number of para-hydroxylation sites is 1. The van der Waals surface area contributed by atoms with E-state index in [0.29, 0.717) is 12.5 Å². The van der Waals surface area contributed by atoms with Crippen molar-refractivity contribution in [2.24, 2.45) is 0 Å². The molecule has 1 unspecified atom stereocenters. The van der Waals surface area contributed by atoms with Gasteiger partial charge in [-0.1, -0.05) is 36.7 Å². The number of benzene rings is 2. The van der Waals surface area contributed by atoms with E-state index >= 15 is 0 Å². The van der Waals surface area contributed by atoms with Gasteiger partial charge in [0.05, 0.1) is 5.02 Å². The summed E-state index contributed by atoms with van der Waals surface area (Å²) < 4.78 is 5.76. The maximum Gasteiger partial charge on any atom is 0.133 e. The highest BCUT2D eigenvalue weighted by Crippen LogP contribution is 2.49. The van der Waals surface area contributed by atoms with E-state index in [1.54, 1.807) is 0 Å². The largest absolute Gasteiger partial charge is 0.783 e. The predicted octanol–water partition coefficient (Wildman–Crippen LogP) is 5.66. The van der Waals surface area contributed by atoms with Crippen molar-refractivity contribution in [2.45, 2.75) is 52.1 Å². The summed E-state index contributed by atoms with van der Waals surface area (Å²) in [6.45, 7) is 9.21. The molecule has 5 heteroatoms. The average molecular weight is 372 g/mol. The lowest BCUT2D eigenvalue weighted by atomic mass is 9.79. The van der Waals surface area contributed by atoms with Gasteiger partial charge >= 0.3 is 0 Å². The Labute approximate surface area is 159 Å². The molecule has 4 rings (SSSR count). The Bertz CT molecular complexity index is 879. The molecular formula is C21H24ClN2O2-. The summed E-state index contributed by atoms with van der Waals surface area (Å²) in [5.41, 5.74) is 6.41. The summed E-state index contributed by atoms with van der Waals surface area (Å²) in [5.74, 6) is 1.14. The van der Waals surface area contributed by atoms with E-state index in [1.165, 1.54) is 11.1 Å². The van der Waals surface area contributed by atoms with Gasteiger partial charge in [-0.15, -0.1) is 0 Å². The summed E-state index contributed by atoms with van der Waals surface area (Å²) in [6.07, 6.45) is 1.02. The van der Waals surface area contributed by atoms with E-state index in [1.807, 2.05) is 18.2 Å². The number of aryl methyl sites for hydroxylation is 1. The molecule has 0 aromatic heterocycles. The minimum Gasteiger partial charge on any atom is -0.783 e. The number of nitrogens with one attached hydrogen (secondary N) is 1. The normalized spacial score (nSPS) is 21.4. The van der Waals surface area contributed by atoms with Gasteiger partial charge in [-0.05, 0) is 50.3 Å². The fourth-order valence-electron chi connectivity index (χ4n) is 4.36. The van der Waals surface area contributed by atoms with Gasteiger partial charge < -0.3 is 20.3 Å². The molecule has 0 spiro atoms. The summed E-state index contributed by atoms with van der Waals surface area (Å²) in [4.78, 5) is 0.